The third kappa shape index (κ3) is 6.72. The first kappa shape index (κ1) is 24.1. The van der Waals surface area contributed by atoms with Gasteiger partial charge in [-0.3, -0.25) is 9.69 Å². The van der Waals surface area contributed by atoms with Crippen molar-refractivity contribution in [2.45, 2.75) is 44.7 Å². The lowest BCUT2D eigenvalue weighted by molar-refractivity contribution is -0.138. The number of halogens is 6. The highest BCUT2D eigenvalue weighted by atomic mass is 19.4. The van der Waals surface area contributed by atoms with Crippen LogP contribution in [0.15, 0.2) is 48.5 Å². The number of benzene rings is 2. The molecule has 0 atom stereocenters. The molecule has 0 bridgehead atoms. The SMILES string of the molecule is O=C1CCCN1CCCN(Cc1cccc(C(F)(F)F)c1)Cc1cccc(C(F)(F)F)c1. The molecular formula is C23H24F6N2O. The van der Waals surface area contributed by atoms with Gasteiger partial charge in [-0.15, -0.1) is 0 Å². The van der Waals surface area contributed by atoms with E-state index < -0.39 is 23.5 Å². The second-order valence-electron chi connectivity index (χ2n) is 7.94. The number of hydrogen-bond donors (Lipinski definition) is 0. The molecule has 3 rings (SSSR count). The minimum Gasteiger partial charge on any atom is -0.343 e. The molecule has 32 heavy (non-hydrogen) atoms. The lowest BCUT2D eigenvalue weighted by atomic mass is 10.1. The lowest BCUT2D eigenvalue weighted by Gasteiger charge is -2.25. The Morgan fingerprint density at radius 2 is 1.38 bits per heavy atom. The summed E-state index contributed by atoms with van der Waals surface area (Å²) in [5.74, 6) is 0.0762. The van der Waals surface area contributed by atoms with Crippen molar-refractivity contribution < 1.29 is 31.1 Å². The van der Waals surface area contributed by atoms with Crippen molar-refractivity contribution in [2.24, 2.45) is 0 Å². The Morgan fingerprint density at radius 3 is 1.81 bits per heavy atom. The number of carbonyl (C=O) groups excluding carboxylic acids is 1. The monoisotopic (exact) mass is 458 g/mol. The summed E-state index contributed by atoms with van der Waals surface area (Å²) in [4.78, 5) is 15.3. The molecule has 0 aliphatic carbocycles. The summed E-state index contributed by atoms with van der Waals surface area (Å²) in [6.45, 7) is 1.92. The van der Waals surface area contributed by atoms with Gasteiger partial charge in [0.25, 0.3) is 0 Å². The fraction of sp³-hybridized carbons (Fsp3) is 0.435. The Bertz CT molecular complexity index is 866. The van der Waals surface area contributed by atoms with Crippen LogP contribution in [0.4, 0.5) is 26.3 Å². The van der Waals surface area contributed by atoms with Crippen LogP contribution in [0.2, 0.25) is 0 Å². The molecule has 2 aromatic carbocycles. The van der Waals surface area contributed by atoms with E-state index in [0.29, 0.717) is 43.6 Å². The Labute approximate surface area is 182 Å². The normalized spacial score (nSPS) is 15.1. The second-order valence-corrected chi connectivity index (χ2v) is 7.94. The predicted octanol–water partition coefficient (Wildman–Crippen LogP) is 5.74. The molecular weight excluding hydrogens is 434 g/mol. The number of alkyl halides is 6. The van der Waals surface area contributed by atoms with Crippen molar-refractivity contribution in [3.05, 3.63) is 70.8 Å². The number of rotatable bonds is 8. The van der Waals surface area contributed by atoms with Gasteiger partial charge in [0.05, 0.1) is 11.1 Å². The summed E-state index contributed by atoms with van der Waals surface area (Å²) >= 11 is 0. The number of hydrogen-bond acceptors (Lipinski definition) is 2. The minimum absolute atomic E-state index is 0.0762. The van der Waals surface area contributed by atoms with Gasteiger partial charge in [0, 0.05) is 39.1 Å². The Kier molecular flexibility index (Phi) is 7.48. The van der Waals surface area contributed by atoms with Crippen molar-refractivity contribution in [2.75, 3.05) is 19.6 Å². The van der Waals surface area contributed by atoms with E-state index in [-0.39, 0.29) is 19.0 Å². The van der Waals surface area contributed by atoms with Gasteiger partial charge in [0.1, 0.15) is 0 Å². The van der Waals surface area contributed by atoms with Crippen molar-refractivity contribution >= 4 is 5.91 Å². The zero-order valence-corrected chi connectivity index (χ0v) is 17.3. The van der Waals surface area contributed by atoms with Gasteiger partial charge in [-0.1, -0.05) is 36.4 Å². The fourth-order valence-electron chi connectivity index (χ4n) is 3.85. The molecule has 0 saturated carbocycles. The van der Waals surface area contributed by atoms with Crippen LogP contribution in [0.25, 0.3) is 0 Å². The van der Waals surface area contributed by atoms with Crippen molar-refractivity contribution in [3.63, 3.8) is 0 Å². The van der Waals surface area contributed by atoms with Crippen molar-refractivity contribution in [1.29, 1.82) is 0 Å². The zero-order valence-electron chi connectivity index (χ0n) is 17.3. The largest absolute Gasteiger partial charge is 0.416 e. The molecule has 0 aromatic heterocycles. The molecule has 3 nitrogen and oxygen atoms in total. The van der Waals surface area contributed by atoms with Crippen LogP contribution in [0, 0.1) is 0 Å². The van der Waals surface area contributed by atoms with Gasteiger partial charge in [-0.2, -0.15) is 26.3 Å². The van der Waals surface area contributed by atoms with Crippen LogP contribution in [0.3, 0.4) is 0 Å². The minimum atomic E-state index is -4.47. The highest BCUT2D eigenvalue weighted by Crippen LogP contribution is 2.31. The molecule has 0 unspecified atom stereocenters. The standard InChI is InChI=1S/C23H24F6N2O/c24-22(25,26)19-7-1-5-17(13-19)15-30(10-4-12-31-11-3-9-21(31)32)16-18-6-2-8-20(14-18)23(27,28)29/h1-2,5-8,13-14H,3-4,9-12,15-16H2. The van der Waals surface area contributed by atoms with Gasteiger partial charge in [-0.25, -0.2) is 0 Å². The fourth-order valence-corrected chi connectivity index (χ4v) is 3.85. The third-order valence-electron chi connectivity index (χ3n) is 5.39. The first-order chi connectivity index (χ1) is 15.0. The van der Waals surface area contributed by atoms with Crippen LogP contribution >= 0.6 is 0 Å². The third-order valence-corrected chi connectivity index (χ3v) is 5.39. The number of nitrogens with zero attached hydrogens (tertiary/aromatic N) is 2. The summed E-state index contributed by atoms with van der Waals surface area (Å²) in [5, 5.41) is 0. The summed E-state index contributed by atoms with van der Waals surface area (Å²) in [7, 11) is 0. The van der Waals surface area contributed by atoms with Crippen LogP contribution in [-0.2, 0) is 30.2 Å². The first-order valence-electron chi connectivity index (χ1n) is 10.3. The second kappa shape index (κ2) is 9.94. The maximum Gasteiger partial charge on any atom is 0.416 e. The van der Waals surface area contributed by atoms with E-state index >= 15 is 0 Å². The smallest absolute Gasteiger partial charge is 0.343 e. The predicted molar refractivity (Wildman–Crippen MR) is 107 cm³/mol. The van der Waals surface area contributed by atoms with E-state index in [1.54, 1.807) is 17.0 Å². The van der Waals surface area contributed by atoms with Crippen molar-refractivity contribution in [1.82, 2.24) is 9.80 Å². The van der Waals surface area contributed by atoms with Gasteiger partial charge < -0.3 is 4.90 Å². The average molecular weight is 458 g/mol. The summed E-state index contributed by atoms with van der Waals surface area (Å²) in [6, 6.07) is 9.87. The molecule has 0 radical (unpaired) electrons. The molecule has 1 saturated heterocycles. The average Bonchev–Trinajstić information content (AvgIpc) is 3.12. The van der Waals surface area contributed by atoms with E-state index in [4.69, 9.17) is 0 Å². The number of likely N-dealkylation sites (tertiary alicyclic amines) is 1. The Hall–Kier alpha value is -2.55. The number of carbonyl (C=O) groups is 1. The van der Waals surface area contributed by atoms with E-state index in [2.05, 4.69) is 0 Å². The molecule has 1 heterocycles. The highest BCUT2D eigenvalue weighted by molar-refractivity contribution is 5.77. The van der Waals surface area contributed by atoms with E-state index in [9.17, 15) is 31.1 Å². The molecule has 0 N–H and O–H groups in total. The maximum atomic E-state index is 13.1. The van der Waals surface area contributed by atoms with Crippen LogP contribution < -0.4 is 0 Å². The van der Waals surface area contributed by atoms with E-state index in [1.165, 1.54) is 12.1 Å². The molecule has 1 amide bonds. The van der Waals surface area contributed by atoms with Gasteiger partial charge >= 0.3 is 12.4 Å². The highest BCUT2D eigenvalue weighted by Gasteiger charge is 2.31. The topological polar surface area (TPSA) is 23.6 Å². The molecule has 174 valence electrons. The van der Waals surface area contributed by atoms with Gasteiger partial charge in [0.15, 0.2) is 0 Å². The Morgan fingerprint density at radius 1 is 0.844 bits per heavy atom. The molecule has 1 fully saturated rings. The zero-order chi connectivity index (χ0) is 23.4. The number of amides is 1. The summed E-state index contributed by atoms with van der Waals surface area (Å²) < 4.78 is 78.4. The van der Waals surface area contributed by atoms with Gasteiger partial charge in [0.2, 0.25) is 5.91 Å². The lowest BCUT2D eigenvalue weighted by Crippen LogP contribution is -2.30. The van der Waals surface area contributed by atoms with Crippen LogP contribution in [0.5, 0.6) is 0 Å². The molecule has 0 spiro atoms. The van der Waals surface area contributed by atoms with Crippen molar-refractivity contribution in [3.8, 4) is 0 Å². The summed E-state index contributed by atoms with van der Waals surface area (Å²) in [5.41, 5.74) is -0.693. The summed E-state index contributed by atoms with van der Waals surface area (Å²) in [6.07, 6.45) is -7.06. The van der Waals surface area contributed by atoms with Crippen LogP contribution in [0.1, 0.15) is 41.5 Å². The molecule has 1 aliphatic rings. The molecule has 9 heteroatoms. The quantitative estimate of drug-likeness (QED) is 0.471. The van der Waals surface area contributed by atoms with Crippen LogP contribution in [-0.4, -0.2) is 35.3 Å². The maximum absolute atomic E-state index is 13.1. The first-order valence-corrected chi connectivity index (χ1v) is 10.3. The molecule has 1 aliphatic heterocycles. The van der Waals surface area contributed by atoms with Gasteiger partial charge in [-0.05, 0) is 36.1 Å². The molecule has 2 aromatic rings. The van der Waals surface area contributed by atoms with E-state index in [0.717, 1.165) is 30.7 Å². The van der Waals surface area contributed by atoms with E-state index in [1.807, 2.05) is 4.90 Å². The Balaban J connectivity index is 1.74.